The van der Waals surface area contributed by atoms with Gasteiger partial charge in [0.1, 0.15) is 0 Å². The summed E-state index contributed by atoms with van der Waals surface area (Å²) in [6.45, 7) is 13.1. The Morgan fingerprint density at radius 3 is 1.81 bits per heavy atom. The van der Waals surface area contributed by atoms with Gasteiger partial charge in [0.15, 0.2) is 17.5 Å². The van der Waals surface area contributed by atoms with E-state index < -0.39 is 6.03 Å². The number of carbonyl (C=O) groups is 1. The molecule has 0 atom stereocenters. The Labute approximate surface area is 155 Å². The Hall–Kier alpha value is -2.64. The molecule has 0 aromatic heterocycles. The van der Waals surface area contributed by atoms with Crippen LogP contribution in [0.1, 0.15) is 38.8 Å². The van der Waals surface area contributed by atoms with Crippen LogP contribution in [0.2, 0.25) is 0 Å². The van der Waals surface area contributed by atoms with Crippen molar-refractivity contribution in [2.75, 3.05) is 31.7 Å². The van der Waals surface area contributed by atoms with Crippen molar-refractivity contribution in [2.45, 2.75) is 41.5 Å². The minimum atomic E-state index is -0.486. The zero-order chi connectivity index (χ0) is 19.7. The van der Waals surface area contributed by atoms with Crippen LogP contribution in [-0.2, 0) is 0 Å². The van der Waals surface area contributed by atoms with Gasteiger partial charge < -0.3 is 25.3 Å². The van der Waals surface area contributed by atoms with Crippen molar-refractivity contribution in [3.05, 3.63) is 11.1 Å². The Kier molecular flexibility index (Phi) is 8.54. The van der Waals surface area contributed by atoms with Gasteiger partial charge in [-0.25, -0.2) is 4.79 Å². The van der Waals surface area contributed by atoms with Crippen molar-refractivity contribution in [3.8, 4) is 17.2 Å². The number of hydrogen-bond donors (Lipinski definition) is 3. The maximum atomic E-state index is 12.3. The van der Waals surface area contributed by atoms with Gasteiger partial charge >= 0.3 is 6.03 Å². The van der Waals surface area contributed by atoms with Crippen LogP contribution >= 0.6 is 0 Å². The molecular weight excluding hydrogens is 336 g/mol. The predicted octanol–water partition coefficient (Wildman–Crippen LogP) is 2.96. The van der Waals surface area contributed by atoms with E-state index in [4.69, 9.17) is 19.9 Å². The first-order valence-corrected chi connectivity index (χ1v) is 8.84. The van der Waals surface area contributed by atoms with Crippen LogP contribution in [0.25, 0.3) is 0 Å². The largest absolute Gasteiger partial charge is 0.489 e. The first kappa shape index (κ1) is 21.4. The second kappa shape index (κ2) is 10.4. The molecule has 0 bridgehead atoms. The molecule has 0 saturated heterocycles. The maximum absolute atomic E-state index is 12.3. The number of ether oxygens (including phenoxy) is 3. The van der Waals surface area contributed by atoms with E-state index in [1.807, 2.05) is 41.5 Å². The molecule has 146 valence electrons. The lowest BCUT2D eigenvalue weighted by atomic mass is 10.0. The first-order valence-electron chi connectivity index (χ1n) is 8.84. The van der Waals surface area contributed by atoms with Crippen LogP contribution in [-0.4, -0.2) is 38.4 Å². The van der Waals surface area contributed by atoms with E-state index in [2.05, 4.69) is 15.6 Å². The number of nitrogens with zero attached hydrogens (tertiary/aromatic N) is 1. The molecule has 0 aliphatic carbocycles. The fourth-order valence-corrected chi connectivity index (χ4v) is 2.52. The van der Waals surface area contributed by atoms with E-state index >= 15 is 0 Å². The van der Waals surface area contributed by atoms with Gasteiger partial charge in [-0.3, -0.25) is 10.3 Å². The molecule has 2 amide bonds. The van der Waals surface area contributed by atoms with E-state index in [1.54, 1.807) is 0 Å². The van der Waals surface area contributed by atoms with Gasteiger partial charge in [0.2, 0.25) is 5.75 Å². The average Bonchev–Trinajstić information content (AvgIpc) is 2.59. The summed E-state index contributed by atoms with van der Waals surface area (Å²) in [7, 11) is 0. The number of nitrogens with one attached hydrogen (secondary N) is 2. The number of benzene rings is 1. The number of aliphatic imine (C=N–C) groups is 1. The van der Waals surface area contributed by atoms with Crippen LogP contribution < -0.4 is 30.6 Å². The van der Waals surface area contributed by atoms with Crippen LogP contribution in [0, 0.1) is 13.8 Å². The van der Waals surface area contributed by atoms with Crippen LogP contribution in [0.5, 0.6) is 17.2 Å². The molecule has 1 rings (SSSR count). The van der Waals surface area contributed by atoms with Gasteiger partial charge in [-0.15, -0.1) is 0 Å². The minimum Gasteiger partial charge on any atom is -0.489 e. The topological polar surface area (TPSA) is 107 Å². The lowest BCUT2D eigenvalue weighted by Crippen LogP contribution is -2.40. The summed E-state index contributed by atoms with van der Waals surface area (Å²) in [5.74, 6) is 1.70. The van der Waals surface area contributed by atoms with Gasteiger partial charge in [-0.05, 0) is 41.5 Å². The number of rotatable bonds is 8. The lowest BCUT2D eigenvalue weighted by molar-refractivity contribution is 0.255. The fourth-order valence-electron chi connectivity index (χ4n) is 2.52. The summed E-state index contributed by atoms with van der Waals surface area (Å²) in [6.07, 6.45) is 0. The maximum Gasteiger partial charge on any atom is 0.326 e. The monoisotopic (exact) mass is 366 g/mol. The lowest BCUT2D eigenvalue weighted by Gasteiger charge is -2.23. The number of amides is 2. The molecule has 1 aromatic rings. The molecule has 8 heteroatoms. The number of urea groups is 1. The quantitative estimate of drug-likeness (QED) is 0.484. The second-order valence-electron chi connectivity index (χ2n) is 5.35. The molecule has 0 heterocycles. The number of guanidine groups is 1. The smallest absolute Gasteiger partial charge is 0.326 e. The molecule has 0 aliphatic rings. The number of nitrogens with two attached hydrogens (primary N) is 1. The van der Waals surface area contributed by atoms with Crippen molar-refractivity contribution in [1.82, 2.24) is 5.32 Å². The average molecular weight is 366 g/mol. The highest BCUT2D eigenvalue weighted by molar-refractivity contribution is 6.03. The van der Waals surface area contributed by atoms with Crippen molar-refractivity contribution < 1.29 is 19.0 Å². The van der Waals surface area contributed by atoms with E-state index in [0.717, 1.165) is 11.1 Å². The standard InChI is InChI=1S/C18H30N4O4/c1-7-20-17(19)22-18(23)21-13-11(5)14(24-8-2)16(26-10-4)15(12(13)6)25-9-3/h7-10H2,1-6H3,(H4,19,20,21,22,23). The van der Waals surface area contributed by atoms with Gasteiger partial charge in [0, 0.05) is 17.7 Å². The molecular formula is C18H30N4O4. The molecule has 0 radical (unpaired) electrons. The summed E-state index contributed by atoms with van der Waals surface area (Å²) in [5, 5.41) is 5.30. The highest BCUT2D eigenvalue weighted by atomic mass is 16.5. The first-order chi connectivity index (χ1) is 12.4. The summed E-state index contributed by atoms with van der Waals surface area (Å²) in [5.41, 5.74) is 7.72. The Balaban J connectivity index is 3.38. The van der Waals surface area contributed by atoms with E-state index in [0.29, 0.717) is 49.3 Å². The third kappa shape index (κ3) is 5.18. The Morgan fingerprint density at radius 2 is 1.38 bits per heavy atom. The minimum absolute atomic E-state index is 0.0568. The number of anilines is 1. The van der Waals surface area contributed by atoms with Gasteiger partial charge in [0.25, 0.3) is 0 Å². The molecule has 0 spiro atoms. The summed E-state index contributed by atoms with van der Waals surface area (Å²) in [6, 6.07) is -0.486. The van der Waals surface area contributed by atoms with Crippen molar-refractivity contribution in [1.29, 1.82) is 0 Å². The molecule has 1 aromatic carbocycles. The summed E-state index contributed by atoms with van der Waals surface area (Å²) < 4.78 is 17.3. The molecule has 0 unspecified atom stereocenters. The highest BCUT2D eigenvalue weighted by Gasteiger charge is 2.24. The molecule has 26 heavy (non-hydrogen) atoms. The fraction of sp³-hybridized carbons (Fsp3) is 0.556. The van der Waals surface area contributed by atoms with Gasteiger partial charge in [0.05, 0.1) is 25.5 Å². The van der Waals surface area contributed by atoms with E-state index in [1.165, 1.54) is 0 Å². The number of carbonyl (C=O) groups excluding carboxylic acids is 1. The Morgan fingerprint density at radius 1 is 0.923 bits per heavy atom. The van der Waals surface area contributed by atoms with E-state index in [9.17, 15) is 4.79 Å². The normalized spacial score (nSPS) is 11.1. The molecule has 0 saturated carbocycles. The van der Waals surface area contributed by atoms with Gasteiger partial charge in [-0.2, -0.15) is 0 Å². The third-order valence-electron chi connectivity index (χ3n) is 3.52. The van der Waals surface area contributed by atoms with Crippen molar-refractivity contribution in [2.24, 2.45) is 10.7 Å². The molecule has 0 aliphatic heterocycles. The predicted molar refractivity (Wildman–Crippen MR) is 104 cm³/mol. The zero-order valence-corrected chi connectivity index (χ0v) is 16.5. The highest BCUT2D eigenvalue weighted by Crippen LogP contribution is 2.47. The second-order valence-corrected chi connectivity index (χ2v) is 5.35. The molecule has 4 N–H and O–H groups in total. The summed E-state index contributed by atoms with van der Waals surface area (Å²) in [4.78, 5) is 16.2. The van der Waals surface area contributed by atoms with Crippen molar-refractivity contribution >= 4 is 17.7 Å². The van der Waals surface area contributed by atoms with Crippen molar-refractivity contribution in [3.63, 3.8) is 0 Å². The van der Waals surface area contributed by atoms with Crippen LogP contribution in [0.3, 0.4) is 0 Å². The van der Waals surface area contributed by atoms with Crippen LogP contribution in [0.15, 0.2) is 4.99 Å². The summed E-state index contributed by atoms with van der Waals surface area (Å²) >= 11 is 0. The van der Waals surface area contributed by atoms with E-state index in [-0.39, 0.29) is 5.96 Å². The van der Waals surface area contributed by atoms with Crippen LogP contribution in [0.4, 0.5) is 10.5 Å². The molecule has 0 fully saturated rings. The third-order valence-corrected chi connectivity index (χ3v) is 3.52. The zero-order valence-electron chi connectivity index (χ0n) is 16.5. The number of hydrogen-bond acceptors (Lipinski definition) is 5. The Bertz CT molecular complexity index is 626. The SMILES string of the molecule is CCN=C(N)NC(=O)Nc1c(C)c(OCC)c(OCC)c(OCC)c1C. The molecule has 8 nitrogen and oxygen atoms in total. The van der Waals surface area contributed by atoms with Gasteiger partial charge in [-0.1, -0.05) is 0 Å².